The van der Waals surface area contributed by atoms with Crippen LogP contribution in [0.15, 0.2) is 12.7 Å². The first-order valence-corrected chi connectivity index (χ1v) is 2.63. The van der Waals surface area contributed by atoms with Crippen LogP contribution in [0.5, 0.6) is 0 Å². The van der Waals surface area contributed by atoms with Crippen LogP contribution in [0.1, 0.15) is 0 Å². The molecule has 0 aliphatic rings. The molecule has 0 amide bonds. The second kappa shape index (κ2) is 6.15. The molecule has 5 heteroatoms. The van der Waals surface area contributed by atoms with Crippen molar-refractivity contribution in [1.29, 1.82) is 0 Å². The lowest BCUT2D eigenvalue weighted by Crippen LogP contribution is -2.36. The van der Waals surface area contributed by atoms with Crippen molar-refractivity contribution in [3.63, 3.8) is 0 Å². The summed E-state index contributed by atoms with van der Waals surface area (Å²) in [6.45, 7) is 3.26. The molecule has 0 aromatic rings. The zero-order valence-electron chi connectivity index (χ0n) is 7.16. The monoisotopic (exact) mass is 183 g/mol. The van der Waals surface area contributed by atoms with Crippen LogP contribution in [0.3, 0.4) is 0 Å². The number of halogens is 1. The molecule has 0 rings (SSSR count). The SMILES string of the molecule is C=CC(=O)O[N+](C)(C)C.Cl.N. The summed E-state index contributed by atoms with van der Waals surface area (Å²) in [4.78, 5) is 15.2. The molecule has 0 radical (unpaired) electrons. The maximum atomic E-state index is 10.5. The first kappa shape index (κ1) is 16.8. The summed E-state index contributed by atoms with van der Waals surface area (Å²) in [7, 11) is 5.25. The molecule has 0 saturated carbocycles. The average molecular weight is 184 g/mol. The van der Waals surface area contributed by atoms with Crippen molar-refractivity contribution >= 4 is 18.4 Å². The molecule has 0 aromatic carbocycles. The summed E-state index contributed by atoms with van der Waals surface area (Å²) in [6, 6.07) is 0. The molecule has 0 aliphatic heterocycles. The summed E-state index contributed by atoms with van der Waals surface area (Å²) < 4.78 is 0.171. The topological polar surface area (TPSA) is 61.3 Å². The molecular weight excluding hydrogens is 168 g/mol. The Morgan fingerprint density at radius 2 is 1.82 bits per heavy atom. The van der Waals surface area contributed by atoms with Crippen LogP contribution in [0.25, 0.3) is 0 Å². The van der Waals surface area contributed by atoms with Crippen molar-refractivity contribution in [2.24, 2.45) is 0 Å². The lowest BCUT2D eigenvalue weighted by molar-refractivity contribution is -1.04. The number of hydroxylamine groups is 3. The number of carbonyl (C=O) groups excluding carboxylic acids is 1. The van der Waals surface area contributed by atoms with Crippen molar-refractivity contribution in [1.82, 2.24) is 6.15 Å². The summed E-state index contributed by atoms with van der Waals surface area (Å²) in [5.41, 5.74) is 0. The third kappa shape index (κ3) is 12.6. The van der Waals surface area contributed by atoms with Crippen LogP contribution in [-0.4, -0.2) is 31.8 Å². The van der Waals surface area contributed by atoms with Crippen molar-refractivity contribution < 1.29 is 14.3 Å². The van der Waals surface area contributed by atoms with E-state index in [-0.39, 0.29) is 23.2 Å². The average Bonchev–Trinajstić information content (AvgIpc) is 1.62. The van der Waals surface area contributed by atoms with Crippen LogP contribution >= 0.6 is 12.4 Å². The highest BCUT2D eigenvalue weighted by Crippen LogP contribution is 1.92. The molecule has 0 unspecified atom stereocenters. The number of carbonyl (C=O) groups is 1. The number of hydrogen-bond donors (Lipinski definition) is 1. The highest BCUT2D eigenvalue weighted by molar-refractivity contribution is 5.85. The van der Waals surface area contributed by atoms with Crippen molar-refractivity contribution in [2.45, 2.75) is 0 Å². The number of quaternary nitrogens is 1. The fourth-order valence-electron chi connectivity index (χ4n) is 0.307. The fourth-order valence-corrected chi connectivity index (χ4v) is 0.307. The maximum Gasteiger partial charge on any atom is 0.389 e. The van der Waals surface area contributed by atoms with Gasteiger partial charge in [-0.05, 0) is 0 Å². The molecule has 0 heterocycles. The Morgan fingerprint density at radius 3 is 1.91 bits per heavy atom. The first-order valence-electron chi connectivity index (χ1n) is 2.63. The summed E-state index contributed by atoms with van der Waals surface area (Å²) in [6.07, 6.45) is 1.14. The van der Waals surface area contributed by atoms with E-state index in [1.54, 1.807) is 21.1 Å². The minimum Gasteiger partial charge on any atom is -0.344 e. The summed E-state index contributed by atoms with van der Waals surface area (Å²) in [5, 5.41) is 0. The number of nitrogens with zero attached hydrogens (tertiary/aromatic N) is 1. The Kier molecular flexibility index (Phi) is 9.39. The standard InChI is InChI=1S/C6H12NO2.ClH.H3N/c1-5-6(8)9-7(2,3)4;;/h5H,1H2,2-4H3;1H;1H3/q+1;;. The van der Waals surface area contributed by atoms with Crippen molar-refractivity contribution in [2.75, 3.05) is 21.1 Å². The lowest BCUT2D eigenvalue weighted by Gasteiger charge is -2.18. The van der Waals surface area contributed by atoms with E-state index in [0.717, 1.165) is 6.08 Å². The van der Waals surface area contributed by atoms with Gasteiger partial charge in [0.2, 0.25) is 0 Å². The van der Waals surface area contributed by atoms with Crippen LogP contribution in [-0.2, 0) is 9.63 Å². The predicted octanol–water partition coefficient (Wildman–Crippen LogP) is 0.921. The van der Waals surface area contributed by atoms with Gasteiger partial charge in [-0.1, -0.05) is 6.58 Å². The Balaban J connectivity index is -0.000000320. The molecule has 0 spiro atoms. The van der Waals surface area contributed by atoms with Crippen LogP contribution < -0.4 is 6.15 Å². The van der Waals surface area contributed by atoms with Gasteiger partial charge in [0.1, 0.15) is 21.1 Å². The van der Waals surface area contributed by atoms with Crippen molar-refractivity contribution in [3.8, 4) is 0 Å². The van der Waals surface area contributed by atoms with E-state index in [1.165, 1.54) is 0 Å². The molecule has 0 bridgehead atoms. The van der Waals surface area contributed by atoms with E-state index in [1.807, 2.05) is 0 Å². The van der Waals surface area contributed by atoms with Gasteiger partial charge in [0.25, 0.3) is 0 Å². The van der Waals surface area contributed by atoms with E-state index in [4.69, 9.17) is 4.84 Å². The molecule has 68 valence electrons. The second-order valence-corrected chi connectivity index (χ2v) is 2.50. The van der Waals surface area contributed by atoms with Crippen molar-refractivity contribution in [3.05, 3.63) is 12.7 Å². The number of hydrogen-bond acceptors (Lipinski definition) is 3. The third-order valence-electron chi connectivity index (χ3n) is 0.531. The zero-order valence-corrected chi connectivity index (χ0v) is 7.98. The fraction of sp³-hybridized carbons (Fsp3) is 0.500. The van der Waals surface area contributed by atoms with E-state index in [0.29, 0.717) is 0 Å². The first-order chi connectivity index (χ1) is 3.95. The van der Waals surface area contributed by atoms with Gasteiger partial charge in [-0.3, -0.25) is 4.84 Å². The van der Waals surface area contributed by atoms with Gasteiger partial charge >= 0.3 is 5.97 Å². The lowest BCUT2D eigenvalue weighted by atomic mass is 10.7. The second-order valence-electron chi connectivity index (χ2n) is 2.50. The Hall–Kier alpha value is -0.580. The molecule has 0 aromatic heterocycles. The molecule has 3 N–H and O–H groups in total. The Bertz CT molecular complexity index is 131. The predicted molar refractivity (Wildman–Crippen MR) is 46.6 cm³/mol. The largest absolute Gasteiger partial charge is 0.389 e. The molecule has 11 heavy (non-hydrogen) atoms. The van der Waals surface area contributed by atoms with E-state index >= 15 is 0 Å². The van der Waals surface area contributed by atoms with E-state index < -0.39 is 5.97 Å². The van der Waals surface area contributed by atoms with Gasteiger partial charge in [0, 0.05) is 6.08 Å². The van der Waals surface area contributed by atoms with Crippen LogP contribution in [0.4, 0.5) is 0 Å². The van der Waals surface area contributed by atoms with Crippen LogP contribution in [0, 0.1) is 0 Å². The van der Waals surface area contributed by atoms with E-state index in [2.05, 4.69) is 6.58 Å². The normalized spacial score (nSPS) is 8.64. The Labute approximate surface area is 73.4 Å². The van der Waals surface area contributed by atoms with Crippen LogP contribution in [0.2, 0.25) is 0 Å². The van der Waals surface area contributed by atoms with Gasteiger partial charge in [-0.15, -0.1) is 17.1 Å². The highest BCUT2D eigenvalue weighted by Gasteiger charge is 2.11. The quantitative estimate of drug-likeness (QED) is 0.394. The highest BCUT2D eigenvalue weighted by atomic mass is 35.5. The molecule has 0 atom stereocenters. The van der Waals surface area contributed by atoms with Gasteiger partial charge < -0.3 is 6.15 Å². The van der Waals surface area contributed by atoms with Gasteiger partial charge in [-0.2, -0.15) is 0 Å². The van der Waals surface area contributed by atoms with Gasteiger partial charge in [0.05, 0.1) is 0 Å². The molecule has 0 saturated heterocycles. The molecular formula is C6H16ClN2O2+. The smallest absolute Gasteiger partial charge is 0.344 e. The molecule has 0 fully saturated rings. The number of rotatable bonds is 2. The van der Waals surface area contributed by atoms with Gasteiger partial charge in [0.15, 0.2) is 0 Å². The van der Waals surface area contributed by atoms with E-state index in [9.17, 15) is 4.79 Å². The Morgan fingerprint density at radius 1 is 1.45 bits per heavy atom. The minimum atomic E-state index is -0.400. The third-order valence-corrected chi connectivity index (χ3v) is 0.531. The summed E-state index contributed by atoms with van der Waals surface area (Å²) in [5.74, 6) is -0.400. The maximum absolute atomic E-state index is 10.5. The molecule has 0 aliphatic carbocycles. The molecule has 4 nitrogen and oxygen atoms in total. The minimum absolute atomic E-state index is 0. The summed E-state index contributed by atoms with van der Waals surface area (Å²) >= 11 is 0. The zero-order chi connectivity index (χ0) is 7.49. The van der Waals surface area contributed by atoms with Gasteiger partial charge in [-0.25, -0.2) is 4.79 Å².